The summed E-state index contributed by atoms with van der Waals surface area (Å²) in [6.45, 7) is 0.517. The van der Waals surface area contributed by atoms with Crippen LogP contribution in [-0.2, 0) is 11.2 Å². The van der Waals surface area contributed by atoms with E-state index in [2.05, 4.69) is 15.3 Å². The van der Waals surface area contributed by atoms with Crippen molar-refractivity contribution in [1.29, 1.82) is 0 Å². The molecule has 1 aromatic heterocycles. The van der Waals surface area contributed by atoms with Crippen LogP contribution in [0.15, 0.2) is 18.2 Å². The summed E-state index contributed by atoms with van der Waals surface area (Å²) in [6, 6.07) is 2.56. The average Bonchev–Trinajstić information content (AvgIpc) is 2.85. The van der Waals surface area contributed by atoms with Crippen molar-refractivity contribution in [2.45, 2.75) is 12.5 Å². The maximum atomic E-state index is 13.2. The normalized spacial score (nSPS) is 17.8. The van der Waals surface area contributed by atoms with Crippen LogP contribution >= 0.6 is 0 Å². The molecular formula is C13H11F2N3O2. The van der Waals surface area contributed by atoms with Gasteiger partial charge in [0, 0.05) is 24.2 Å². The summed E-state index contributed by atoms with van der Waals surface area (Å²) in [4.78, 5) is 18.3. The van der Waals surface area contributed by atoms with Crippen molar-refractivity contribution < 1.29 is 18.7 Å². The molecule has 0 bridgehead atoms. The Balaban J connectivity index is 2.04. The van der Waals surface area contributed by atoms with E-state index in [0.29, 0.717) is 35.7 Å². The minimum Gasteiger partial charge on any atom is -0.480 e. The van der Waals surface area contributed by atoms with Gasteiger partial charge in [-0.3, -0.25) is 10.1 Å². The predicted molar refractivity (Wildman–Crippen MR) is 66.0 cm³/mol. The zero-order chi connectivity index (χ0) is 14.3. The smallest absolute Gasteiger partial charge is 0.327 e. The van der Waals surface area contributed by atoms with Crippen LogP contribution < -0.4 is 5.32 Å². The van der Waals surface area contributed by atoms with Gasteiger partial charge in [0.2, 0.25) is 0 Å². The number of nitrogens with zero attached hydrogens (tertiary/aromatic N) is 1. The van der Waals surface area contributed by atoms with E-state index < -0.39 is 23.6 Å². The molecule has 2 heterocycles. The van der Waals surface area contributed by atoms with Crippen molar-refractivity contribution in [1.82, 2.24) is 15.3 Å². The number of hydrogen-bond donors (Lipinski definition) is 3. The van der Waals surface area contributed by atoms with Gasteiger partial charge in [0.15, 0.2) is 17.7 Å². The fourth-order valence-corrected chi connectivity index (χ4v) is 2.27. The average molecular weight is 279 g/mol. The quantitative estimate of drug-likeness (QED) is 0.780. The summed E-state index contributed by atoms with van der Waals surface area (Å²) in [5.41, 5.74) is 1.47. The molecule has 0 spiro atoms. The van der Waals surface area contributed by atoms with Crippen molar-refractivity contribution >= 4 is 5.97 Å². The highest BCUT2D eigenvalue weighted by Crippen LogP contribution is 2.26. The van der Waals surface area contributed by atoms with Gasteiger partial charge in [-0.1, -0.05) is 0 Å². The topological polar surface area (TPSA) is 78.0 Å². The molecule has 3 rings (SSSR count). The molecule has 7 heteroatoms. The first-order valence-corrected chi connectivity index (χ1v) is 6.06. The molecule has 1 aromatic carbocycles. The van der Waals surface area contributed by atoms with E-state index >= 15 is 0 Å². The summed E-state index contributed by atoms with van der Waals surface area (Å²) >= 11 is 0. The van der Waals surface area contributed by atoms with E-state index in [0.717, 1.165) is 12.1 Å². The summed E-state index contributed by atoms with van der Waals surface area (Å²) < 4.78 is 26.1. The second-order valence-corrected chi connectivity index (χ2v) is 4.55. The minimum absolute atomic E-state index is 0.337. The Morgan fingerprint density at radius 1 is 1.35 bits per heavy atom. The second kappa shape index (κ2) is 4.68. The molecule has 0 radical (unpaired) electrons. The Labute approximate surface area is 112 Å². The Morgan fingerprint density at radius 2 is 2.15 bits per heavy atom. The molecule has 5 nitrogen and oxygen atoms in total. The van der Waals surface area contributed by atoms with E-state index in [-0.39, 0.29) is 0 Å². The Bertz CT molecular complexity index is 684. The van der Waals surface area contributed by atoms with Crippen LogP contribution in [0.25, 0.3) is 11.4 Å². The van der Waals surface area contributed by atoms with Crippen molar-refractivity contribution in [2.75, 3.05) is 6.54 Å². The highest BCUT2D eigenvalue weighted by atomic mass is 19.2. The lowest BCUT2D eigenvalue weighted by Crippen LogP contribution is -2.35. The number of aliphatic carboxylic acids is 1. The number of imidazole rings is 1. The number of rotatable bonds is 2. The zero-order valence-electron chi connectivity index (χ0n) is 10.3. The van der Waals surface area contributed by atoms with E-state index in [1.54, 1.807) is 0 Å². The van der Waals surface area contributed by atoms with Crippen LogP contribution in [0, 0.1) is 11.6 Å². The van der Waals surface area contributed by atoms with Crippen LogP contribution in [-0.4, -0.2) is 27.6 Å². The van der Waals surface area contributed by atoms with Gasteiger partial charge in [0.05, 0.1) is 5.69 Å². The fourth-order valence-electron chi connectivity index (χ4n) is 2.27. The van der Waals surface area contributed by atoms with Gasteiger partial charge < -0.3 is 10.1 Å². The van der Waals surface area contributed by atoms with Gasteiger partial charge in [-0.2, -0.15) is 0 Å². The van der Waals surface area contributed by atoms with Crippen LogP contribution in [0.5, 0.6) is 0 Å². The third kappa shape index (κ3) is 2.05. The van der Waals surface area contributed by atoms with Crippen LogP contribution in [0.3, 0.4) is 0 Å². The van der Waals surface area contributed by atoms with E-state index in [9.17, 15) is 13.6 Å². The van der Waals surface area contributed by atoms with Gasteiger partial charge >= 0.3 is 5.97 Å². The van der Waals surface area contributed by atoms with E-state index in [1.807, 2.05) is 0 Å². The lowest BCUT2D eigenvalue weighted by molar-refractivity contribution is -0.139. The molecule has 104 valence electrons. The van der Waals surface area contributed by atoms with Gasteiger partial charge in [0.25, 0.3) is 0 Å². The number of carboxylic acid groups (broad SMARTS) is 1. The number of carbonyl (C=O) groups is 1. The number of fused-ring (bicyclic) bond motifs is 1. The van der Waals surface area contributed by atoms with Gasteiger partial charge in [0.1, 0.15) is 5.82 Å². The monoisotopic (exact) mass is 279 g/mol. The number of nitrogens with one attached hydrogen (secondary N) is 2. The Hall–Kier alpha value is -2.28. The second-order valence-electron chi connectivity index (χ2n) is 4.55. The number of hydrogen-bond acceptors (Lipinski definition) is 3. The van der Waals surface area contributed by atoms with Gasteiger partial charge in [-0.15, -0.1) is 0 Å². The van der Waals surface area contributed by atoms with Gasteiger partial charge in [-0.25, -0.2) is 13.8 Å². The first-order chi connectivity index (χ1) is 9.56. The summed E-state index contributed by atoms with van der Waals surface area (Å²) in [6.07, 6.45) is 0.607. The van der Waals surface area contributed by atoms with E-state index in [1.165, 1.54) is 6.07 Å². The molecule has 3 N–H and O–H groups in total. The first-order valence-electron chi connectivity index (χ1n) is 6.06. The highest BCUT2D eigenvalue weighted by Gasteiger charge is 2.29. The number of aromatic nitrogens is 2. The standard InChI is InChI=1S/C13H11F2N3O2/c14-7-2-1-6(5-8(7)15)12-17-9-3-4-16-11(13(19)20)10(9)18-12/h1-2,5,11,16H,3-4H2,(H,17,18)(H,19,20). The third-order valence-electron chi connectivity index (χ3n) is 3.25. The molecule has 0 amide bonds. The molecular weight excluding hydrogens is 268 g/mol. The molecule has 1 aliphatic rings. The lowest BCUT2D eigenvalue weighted by Gasteiger charge is -2.18. The molecule has 20 heavy (non-hydrogen) atoms. The number of benzene rings is 1. The molecule has 1 atom stereocenters. The summed E-state index contributed by atoms with van der Waals surface area (Å²) in [7, 11) is 0. The largest absolute Gasteiger partial charge is 0.480 e. The van der Waals surface area contributed by atoms with Crippen molar-refractivity contribution in [3.8, 4) is 11.4 Å². The Kier molecular flexibility index (Phi) is 2.98. The minimum atomic E-state index is -1.02. The lowest BCUT2D eigenvalue weighted by atomic mass is 10.1. The van der Waals surface area contributed by atoms with Gasteiger partial charge in [-0.05, 0) is 18.2 Å². The number of carboxylic acids is 1. The molecule has 0 saturated heterocycles. The maximum absolute atomic E-state index is 13.2. The molecule has 0 aliphatic carbocycles. The van der Waals surface area contributed by atoms with Crippen molar-refractivity contribution in [2.24, 2.45) is 0 Å². The maximum Gasteiger partial charge on any atom is 0.327 e. The van der Waals surface area contributed by atoms with E-state index in [4.69, 9.17) is 5.11 Å². The Morgan fingerprint density at radius 3 is 2.85 bits per heavy atom. The third-order valence-corrected chi connectivity index (χ3v) is 3.25. The van der Waals surface area contributed by atoms with Crippen LogP contribution in [0.2, 0.25) is 0 Å². The summed E-state index contributed by atoms with van der Waals surface area (Å²) in [5, 5.41) is 12.0. The molecule has 2 aromatic rings. The molecule has 0 saturated carbocycles. The summed E-state index contributed by atoms with van der Waals surface area (Å²) in [5.74, 6) is -2.59. The fraction of sp³-hybridized carbons (Fsp3) is 0.231. The van der Waals surface area contributed by atoms with Crippen molar-refractivity contribution in [3.63, 3.8) is 0 Å². The highest BCUT2D eigenvalue weighted by molar-refractivity contribution is 5.76. The van der Waals surface area contributed by atoms with Crippen LogP contribution in [0.4, 0.5) is 8.78 Å². The van der Waals surface area contributed by atoms with Crippen LogP contribution in [0.1, 0.15) is 17.4 Å². The first kappa shape index (κ1) is 12.7. The molecule has 1 unspecified atom stereocenters. The predicted octanol–water partition coefficient (Wildman–Crippen LogP) is 1.63. The van der Waals surface area contributed by atoms with Crippen molar-refractivity contribution in [3.05, 3.63) is 41.2 Å². The number of halogens is 2. The molecule has 1 aliphatic heterocycles. The number of H-pyrrole nitrogens is 1. The SMILES string of the molecule is O=C(O)C1NCCc2[nH]c(-c3ccc(F)c(F)c3)nc21. The molecule has 0 fully saturated rings. The zero-order valence-corrected chi connectivity index (χ0v) is 10.3. The number of aromatic amines is 1.